The van der Waals surface area contributed by atoms with Gasteiger partial charge in [-0.3, -0.25) is 4.79 Å². The van der Waals surface area contributed by atoms with Crippen LogP contribution in [-0.4, -0.2) is 37.0 Å². The molecule has 1 aromatic carbocycles. The van der Waals surface area contributed by atoms with Crippen LogP contribution < -0.4 is 10.1 Å². The second kappa shape index (κ2) is 8.39. The van der Waals surface area contributed by atoms with E-state index in [1.807, 2.05) is 31.2 Å². The number of likely N-dealkylation sites (N-methyl/N-ethyl adjacent to an activating group) is 1. The van der Waals surface area contributed by atoms with Crippen LogP contribution in [0.5, 0.6) is 5.75 Å². The predicted octanol–water partition coefficient (Wildman–Crippen LogP) is 3.56. The normalized spacial score (nSPS) is 10.8. The van der Waals surface area contributed by atoms with Crippen LogP contribution in [0.15, 0.2) is 41.0 Å². The van der Waals surface area contributed by atoms with Crippen LogP contribution >= 0.6 is 0 Å². The molecule has 5 nitrogen and oxygen atoms in total. The Kier molecular flexibility index (Phi) is 6.23. The fourth-order valence-corrected chi connectivity index (χ4v) is 2.30. The minimum atomic E-state index is -0.271. The van der Waals surface area contributed by atoms with Crippen molar-refractivity contribution in [2.75, 3.05) is 31.6 Å². The van der Waals surface area contributed by atoms with Gasteiger partial charge in [-0.2, -0.15) is 0 Å². The Bertz CT molecular complexity index is 633. The summed E-state index contributed by atoms with van der Waals surface area (Å²) >= 11 is 0. The molecule has 5 heteroatoms. The number of para-hydroxylation sites is 2. The van der Waals surface area contributed by atoms with Gasteiger partial charge in [0, 0.05) is 12.1 Å². The van der Waals surface area contributed by atoms with Crippen LogP contribution in [0.25, 0.3) is 0 Å². The lowest BCUT2D eigenvalue weighted by Crippen LogP contribution is -2.28. The van der Waals surface area contributed by atoms with Crippen LogP contribution in [0.3, 0.4) is 0 Å². The summed E-state index contributed by atoms with van der Waals surface area (Å²) in [6.45, 7) is 9.52. The molecule has 2 aromatic rings. The molecule has 0 atom stereocenters. The highest BCUT2D eigenvalue weighted by atomic mass is 16.5. The minimum Gasteiger partial charge on any atom is -0.490 e. The van der Waals surface area contributed by atoms with E-state index in [9.17, 15) is 4.79 Å². The highest BCUT2D eigenvalue weighted by Gasteiger charge is 2.14. The third-order valence-electron chi connectivity index (χ3n) is 3.76. The Morgan fingerprint density at radius 1 is 1.22 bits per heavy atom. The summed E-state index contributed by atoms with van der Waals surface area (Å²) in [6.07, 6.45) is 1.51. The van der Waals surface area contributed by atoms with E-state index in [0.717, 1.165) is 25.2 Å². The standard InChI is InChI=1S/C18H24N2O3/c1-4-20(5-2)11-13-22-16-9-7-6-8-15(16)19-18(21)17-14(3)10-12-23-17/h6-10,12H,4-5,11,13H2,1-3H3,(H,19,21). The van der Waals surface area contributed by atoms with Crippen molar-refractivity contribution in [2.45, 2.75) is 20.8 Å². The van der Waals surface area contributed by atoms with Crippen LogP contribution in [0.4, 0.5) is 5.69 Å². The number of nitrogens with one attached hydrogen (secondary N) is 1. The number of amides is 1. The van der Waals surface area contributed by atoms with Gasteiger partial charge in [0.05, 0.1) is 12.0 Å². The van der Waals surface area contributed by atoms with Crippen LogP contribution in [-0.2, 0) is 0 Å². The molecular formula is C18H24N2O3. The Morgan fingerprint density at radius 3 is 2.61 bits per heavy atom. The highest BCUT2D eigenvalue weighted by molar-refractivity contribution is 6.03. The first kappa shape index (κ1) is 17.1. The van der Waals surface area contributed by atoms with E-state index in [1.54, 1.807) is 6.07 Å². The average molecular weight is 316 g/mol. The van der Waals surface area contributed by atoms with Crippen LogP contribution in [0.2, 0.25) is 0 Å². The van der Waals surface area contributed by atoms with Crippen molar-refractivity contribution in [3.8, 4) is 5.75 Å². The molecule has 1 aromatic heterocycles. The third-order valence-corrected chi connectivity index (χ3v) is 3.76. The van der Waals surface area contributed by atoms with Crippen LogP contribution in [0.1, 0.15) is 30.0 Å². The average Bonchev–Trinajstić information content (AvgIpc) is 2.99. The number of benzene rings is 1. The smallest absolute Gasteiger partial charge is 0.291 e. The maximum atomic E-state index is 12.3. The Labute approximate surface area is 137 Å². The zero-order valence-electron chi connectivity index (χ0n) is 14.0. The molecule has 1 heterocycles. The van der Waals surface area contributed by atoms with Gasteiger partial charge in [-0.15, -0.1) is 0 Å². The number of hydrogen-bond acceptors (Lipinski definition) is 4. The van der Waals surface area contributed by atoms with Gasteiger partial charge in [0.1, 0.15) is 12.4 Å². The molecule has 124 valence electrons. The van der Waals surface area contributed by atoms with Crippen molar-refractivity contribution in [3.05, 3.63) is 47.9 Å². The Balaban J connectivity index is 2.00. The quantitative estimate of drug-likeness (QED) is 0.809. The van der Waals surface area contributed by atoms with Gasteiger partial charge in [-0.25, -0.2) is 0 Å². The summed E-state index contributed by atoms with van der Waals surface area (Å²) in [6, 6.07) is 9.19. The number of anilines is 1. The maximum Gasteiger partial charge on any atom is 0.291 e. The molecule has 0 saturated carbocycles. The summed E-state index contributed by atoms with van der Waals surface area (Å²) in [5.41, 5.74) is 1.45. The summed E-state index contributed by atoms with van der Waals surface area (Å²) < 4.78 is 11.1. The molecule has 0 spiro atoms. The van der Waals surface area contributed by atoms with Gasteiger partial charge >= 0.3 is 0 Å². The lowest BCUT2D eigenvalue weighted by atomic mass is 10.2. The summed E-state index contributed by atoms with van der Waals surface area (Å²) in [7, 11) is 0. The monoisotopic (exact) mass is 316 g/mol. The van der Waals surface area contributed by atoms with Gasteiger partial charge in [-0.1, -0.05) is 26.0 Å². The van der Waals surface area contributed by atoms with Gasteiger partial charge < -0.3 is 19.4 Å². The van der Waals surface area contributed by atoms with Crippen LogP contribution in [0, 0.1) is 6.92 Å². The third kappa shape index (κ3) is 4.60. The maximum absolute atomic E-state index is 12.3. The number of carbonyl (C=O) groups excluding carboxylic acids is 1. The fraction of sp³-hybridized carbons (Fsp3) is 0.389. The SMILES string of the molecule is CCN(CC)CCOc1ccccc1NC(=O)c1occc1C. The van der Waals surface area contributed by atoms with E-state index in [0.29, 0.717) is 23.8 Å². The number of ether oxygens (including phenoxy) is 1. The van der Waals surface area contributed by atoms with Crippen molar-refractivity contribution < 1.29 is 13.9 Å². The van der Waals surface area contributed by atoms with Crippen molar-refractivity contribution in [3.63, 3.8) is 0 Å². The first-order chi connectivity index (χ1) is 11.2. The first-order valence-corrected chi connectivity index (χ1v) is 7.95. The number of nitrogens with zero attached hydrogens (tertiary/aromatic N) is 1. The number of aryl methyl sites for hydroxylation is 1. The largest absolute Gasteiger partial charge is 0.490 e. The first-order valence-electron chi connectivity index (χ1n) is 7.95. The summed E-state index contributed by atoms with van der Waals surface area (Å²) in [4.78, 5) is 14.5. The van der Waals surface area contributed by atoms with Gasteiger partial charge in [0.15, 0.2) is 5.76 Å². The molecule has 1 amide bonds. The van der Waals surface area contributed by atoms with Crippen molar-refractivity contribution in [1.82, 2.24) is 4.90 Å². The molecule has 0 saturated heterocycles. The second-order valence-corrected chi connectivity index (χ2v) is 5.26. The molecular weight excluding hydrogens is 292 g/mol. The second-order valence-electron chi connectivity index (χ2n) is 5.26. The number of rotatable bonds is 8. The predicted molar refractivity (Wildman–Crippen MR) is 91.1 cm³/mol. The Morgan fingerprint density at radius 2 is 1.96 bits per heavy atom. The summed E-state index contributed by atoms with van der Waals surface area (Å²) in [5, 5.41) is 2.85. The minimum absolute atomic E-state index is 0.271. The fourth-order valence-electron chi connectivity index (χ4n) is 2.30. The molecule has 0 unspecified atom stereocenters. The van der Waals surface area contributed by atoms with Crippen molar-refractivity contribution in [2.24, 2.45) is 0 Å². The van der Waals surface area contributed by atoms with Gasteiger partial charge in [-0.05, 0) is 38.2 Å². The van der Waals surface area contributed by atoms with E-state index in [2.05, 4.69) is 24.1 Å². The molecule has 0 fully saturated rings. The van der Waals surface area contributed by atoms with E-state index in [-0.39, 0.29) is 5.91 Å². The zero-order chi connectivity index (χ0) is 16.7. The molecule has 23 heavy (non-hydrogen) atoms. The number of furan rings is 1. The molecule has 0 radical (unpaired) electrons. The van der Waals surface area contributed by atoms with Crippen molar-refractivity contribution >= 4 is 11.6 Å². The van der Waals surface area contributed by atoms with E-state index in [4.69, 9.17) is 9.15 Å². The molecule has 0 bridgehead atoms. The molecule has 0 aliphatic heterocycles. The molecule has 1 N–H and O–H groups in total. The van der Waals surface area contributed by atoms with E-state index in [1.165, 1.54) is 6.26 Å². The zero-order valence-corrected chi connectivity index (χ0v) is 14.0. The van der Waals surface area contributed by atoms with E-state index >= 15 is 0 Å². The molecule has 0 aliphatic carbocycles. The number of hydrogen-bond donors (Lipinski definition) is 1. The number of carbonyl (C=O) groups is 1. The van der Waals surface area contributed by atoms with Crippen molar-refractivity contribution in [1.29, 1.82) is 0 Å². The lowest BCUT2D eigenvalue weighted by Gasteiger charge is -2.19. The molecule has 2 rings (SSSR count). The highest BCUT2D eigenvalue weighted by Crippen LogP contribution is 2.24. The summed E-state index contributed by atoms with van der Waals surface area (Å²) in [5.74, 6) is 0.715. The van der Waals surface area contributed by atoms with Gasteiger partial charge in [0.25, 0.3) is 5.91 Å². The van der Waals surface area contributed by atoms with Gasteiger partial charge in [0.2, 0.25) is 0 Å². The van der Waals surface area contributed by atoms with E-state index < -0.39 is 0 Å². The lowest BCUT2D eigenvalue weighted by molar-refractivity contribution is 0.0995. The Hall–Kier alpha value is -2.27. The molecule has 0 aliphatic rings. The topological polar surface area (TPSA) is 54.7 Å².